The van der Waals surface area contributed by atoms with Crippen LogP contribution >= 0.6 is 0 Å². The fourth-order valence-corrected chi connectivity index (χ4v) is 2.15. The van der Waals surface area contributed by atoms with E-state index in [-0.39, 0.29) is 0 Å². The van der Waals surface area contributed by atoms with E-state index in [9.17, 15) is 0 Å². The van der Waals surface area contributed by atoms with Gasteiger partial charge in [0.05, 0.1) is 0 Å². The van der Waals surface area contributed by atoms with Gasteiger partial charge in [0.25, 0.3) is 0 Å². The first-order chi connectivity index (χ1) is 6.77. The first-order valence-corrected chi connectivity index (χ1v) is 6.20. The lowest BCUT2D eigenvalue weighted by molar-refractivity contribution is 0.124. The molecule has 0 aliphatic carbocycles. The minimum atomic E-state index is 0.902. The molecule has 1 atom stereocenters. The van der Waals surface area contributed by atoms with Gasteiger partial charge in [-0.15, -0.1) is 0 Å². The van der Waals surface area contributed by atoms with E-state index in [1.807, 2.05) is 0 Å². The van der Waals surface area contributed by atoms with Crippen molar-refractivity contribution in [2.45, 2.75) is 45.6 Å². The Morgan fingerprint density at radius 2 is 1.79 bits per heavy atom. The minimum Gasteiger partial charge on any atom is -0.304 e. The first-order valence-electron chi connectivity index (χ1n) is 6.20. The van der Waals surface area contributed by atoms with Gasteiger partial charge < -0.3 is 4.90 Å². The van der Waals surface area contributed by atoms with Crippen molar-refractivity contribution >= 4 is 0 Å². The van der Waals surface area contributed by atoms with Crippen molar-refractivity contribution in [2.75, 3.05) is 33.2 Å². The highest BCUT2D eigenvalue weighted by Crippen LogP contribution is 2.20. The molecule has 2 aliphatic rings. The number of unbranched alkanes of at least 4 members (excludes halogenated alkanes) is 1. The Labute approximate surface area is 89.3 Å². The molecule has 14 heavy (non-hydrogen) atoms. The number of likely N-dealkylation sites (N-methyl/N-ethyl adjacent to an activating group) is 1. The molecular weight excluding hydrogens is 172 g/mol. The maximum atomic E-state index is 2.64. The van der Waals surface area contributed by atoms with Gasteiger partial charge in [-0.3, -0.25) is 4.90 Å². The zero-order valence-electron chi connectivity index (χ0n) is 10.1. The molecule has 0 amide bonds. The van der Waals surface area contributed by atoms with Crippen molar-refractivity contribution in [3.8, 4) is 0 Å². The number of piperazine rings is 1. The summed E-state index contributed by atoms with van der Waals surface area (Å²) in [5.74, 6) is 0. The standard InChI is InChI=1S/C8H16N2.C4H10/c1-9-5-6-10-4-2-3-8(10)7-9;1-3-4-2/h8H,2-7H2,1H3;3-4H2,1-2H3/t8-;/m1./s1. The maximum absolute atomic E-state index is 2.64. The van der Waals surface area contributed by atoms with Crippen LogP contribution in [0.25, 0.3) is 0 Å². The Balaban J connectivity index is 0.000000213. The van der Waals surface area contributed by atoms with Crippen LogP contribution in [0.2, 0.25) is 0 Å². The molecule has 0 aromatic heterocycles. The second-order valence-electron chi connectivity index (χ2n) is 4.59. The third-order valence-electron chi connectivity index (χ3n) is 3.29. The highest BCUT2D eigenvalue weighted by Gasteiger charge is 2.28. The molecule has 0 radical (unpaired) electrons. The predicted molar refractivity (Wildman–Crippen MR) is 62.7 cm³/mol. The van der Waals surface area contributed by atoms with Crippen molar-refractivity contribution in [3.63, 3.8) is 0 Å². The van der Waals surface area contributed by atoms with Crippen LogP contribution < -0.4 is 0 Å². The molecule has 0 saturated carbocycles. The highest BCUT2D eigenvalue weighted by atomic mass is 15.3. The zero-order chi connectivity index (χ0) is 10.4. The van der Waals surface area contributed by atoms with Gasteiger partial charge in [-0.05, 0) is 26.4 Å². The van der Waals surface area contributed by atoms with E-state index in [2.05, 4.69) is 30.7 Å². The van der Waals surface area contributed by atoms with Gasteiger partial charge >= 0.3 is 0 Å². The Morgan fingerprint density at radius 1 is 1.07 bits per heavy atom. The topological polar surface area (TPSA) is 6.48 Å². The van der Waals surface area contributed by atoms with Crippen LogP contribution in [-0.2, 0) is 0 Å². The third kappa shape index (κ3) is 3.58. The van der Waals surface area contributed by atoms with Gasteiger partial charge in [-0.1, -0.05) is 26.7 Å². The predicted octanol–water partition coefficient (Wildman–Crippen LogP) is 2.20. The summed E-state index contributed by atoms with van der Waals surface area (Å²) in [7, 11) is 2.23. The van der Waals surface area contributed by atoms with Crippen molar-refractivity contribution in [2.24, 2.45) is 0 Å². The fraction of sp³-hybridized carbons (Fsp3) is 1.00. The zero-order valence-corrected chi connectivity index (χ0v) is 10.1. The molecule has 2 fully saturated rings. The number of hydrogen-bond donors (Lipinski definition) is 0. The smallest absolute Gasteiger partial charge is 0.0224 e. The Bertz CT molecular complexity index is 145. The summed E-state index contributed by atoms with van der Waals surface area (Å²) >= 11 is 0. The summed E-state index contributed by atoms with van der Waals surface area (Å²) in [6.07, 6.45) is 5.50. The van der Waals surface area contributed by atoms with Crippen molar-refractivity contribution in [1.29, 1.82) is 0 Å². The first kappa shape index (κ1) is 12.0. The van der Waals surface area contributed by atoms with Crippen molar-refractivity contribution in [1.82, 2.24) is 9.80 Å². The molecule has 0 aromatic carbocycles. The summed E-state index contributed by atoms with van der Waals surface area (Å²) in [5, 5.41) is 0. The largest absolute Gasteiger partial charge is 0.304 e. The summed E-state index contributed by atoms with van der Waals surface area (Å²) < 4.78 is 0. The molecule has 0 N–H and O–H groups in total. The third-order valence-corrected chi connectivity index (χ3v) is 3.29. The van der Waals surface area contributed by atoms with Crippen LogP contribution in [0.15, 0.2) is 0 Å². The average Bonchev–Trinajstić information content (AvgIpc) is 2.65. The molecule has 2 rings (SSSR count). The van der Waals surface area contributed by atoms with E-state index in [0.717, 1.165) is 6.04 Å². The number of fused-ring (bicyclic) bond motifs is 1. The van der Waals surface area contributed by atoms with E-state index in [1.54, 1.807) is 0 Å². The van der Waals surface area contributed by atoms with Crippen molar-refractivity contribution < 1.29 is 0 Å². The van der Waals surface area contributed by atoms with Crippen LogP contribution in [0.5, 0.6) is 0 Å². The maximum Gasteiger partial charge on any atom is 0.0224 e. The Morgan fingerprint density at radius 3 is 2.43 bits per heavy atom. The van der Waals surface area contributed by atoms with E-state index < -0.39 is 0 Å². The Kier molecular flexibility index (Phi) is 5.49. The number of hydrogen-bond acceptors (Lipinski definition) is 2. The number of rotatable bonds is 1. The highest BCUT2D eigenvalue weighted by molar-refractivity contribution is 4.85. The molecule has 0 aromatic rings. The lowest BCUT2D eigenvalue weighted by atomic mass is 10.2. The molecule has 0 spiro atoms. The van der Waals surface area contributed by atoms with E-state index in [4.69, 9.17) is 0 Å². The number of nitrogens with zero attached hydrogens (tertiary/aromatic N) is 2. The summed E-state index contributed by atoms with van der Waals surface area (Å²) in [4.78, 5) is 5.09. The summed E-state index contributed by atoms with van der Waals surface area (Å²) in [5.41, 5.74) is 0. The van der Waals surface area contributed by atoms with E-state index in [0.29, 0.717) is 0 Å². The van der Waals surface area contributed by atoms with Crippen LogP contribution in [0.3, 0.4) is 0 Å². The van der Waals surface area contributed by atoms with Crippen LogP contribution in [0.1, 0.15) is 39.5 Å². The normalized spacial score (nSPS) is 28.1. The molecule has 0 unspecified atom stereocenters. The van der Waals surface area contributed by atoms with Gasteiger partial charge in [0.1, 0.15) is 0 Å². The molecule has 2 aliphatic heterocycles. The fourth-order valence-electron chi connectivity index (χ4n) is 2.15. The molecule has 2 heteroatoms. The molecule has 2 heterocycles. The van der Waals surface area contributed by atoms with Gasteiger partial charge in [-0.25, -0.2) is 0 Å². The van der Waals surface area contributed by atoms with Crippen LogP contribution in [-0.4, -0.2) is 49.1 Å². The minimum absolute atomic E-state index is 0.902. The van der Waals surface area contributed by atoms with Gasteiger partial charge in [-0.2, -0.15) is 0 Å². The van der Waals surface area contributed by atoms with Gasteiger partial charge in [0, 0.05) is 25.7 Å². The molecule has 2 saturated heterocycles. The molecule has 0 bridgehead atoms. The van der Waals surface area contributed by atoms with Crippen LogP contribution in [0.4, 0.5) is 0 Å². The van der Waals surface area contributed by atoms with Gasteiger partial charge in [0.2, 0.25) is 0 Å². The van der Waals surface area contributed by atoms with Crippen molar-refractivity contribution in [3.05, 3.63) is 0 Å². The monoisotopic (exact) mass is 198 g/mol. The second-order valence-corrected chi connectivity index (χ2v) is 4.59. The quantitative estimate of drug-likeness (QED) is 0.637. The van der Waals surface area contributed by atoms with Crippen LogP contribution in [0, 0.1) is 0 Å². The van der Waals surface area contributed by atoms with E-state index in [1.165, 1.54) is 51.9 Å². The van der Waals surface area contributed by atoms with Gasteiger partial charge in [0.15, 0.2) is 0 Å². The average molecular weight is 198 g/mol. The molecule has 2 nitrogen and oxygen atoms in total. The molecular formula is C12H26N2. The second kappa shape index (κ2) is 6.41. The lowest BCUT2D eigenvalue weighted by Gasteiger charge is -2.35. The Hall–Kier alpha value is -0.0800. The summed E-state index contributed by atoms with van der Waals surface area (Å²) in [6, 6.07) is 0.902. The lowest BCUT2D eigenvalue weighted by Crippen LogP contribution is -2.48. The molecule has 84 valence electrons. The summed E-state index contributed by atoms with van der Waals surface area (Å²) in [6.45, 7) is 9.61. The SMILES string of the molecule is CCCC.CN1CCN2CCC[C@@H]2C1. The van der Waals surface area contributed by atoms with E-state index >= 15 is 0 Å².